The van der Waals surface area contributed by atoms with E-state index in [1.165, 1.54) is 0 Å². The molecule has 2 rings (SSSR count). The summed E-state index contributed by atoms with van der Waals surface area (Å²) in [4.78, 5) is 12.4. The monoisotopic (exact) mass is 324 g/mol. The quantitative estimate of drug-likeness (QED) is 0.577. The molecule has 1 aromatic carbocycles. The van der Waals surface area contributed by atoms with Gasteiger partial charge in [0.2, 0.25) is 5.88 Å². The predicted molar refractivity (Wildman–Crippen MR) is 97.7 cm³/mol. The molecule has 0 spiro atoms. The molecule has 0 fully saturated rings. The standard InChI is InChI=1S/C17H20N6O/c1-11(18)21-12(2)22-17(19)14-6-4-5-7-15(14)23-13-8-9-16(24-3)20-10-13/h4-10,23H,1,18H2,2-3H3,(H2,19,21,22). The van der Waals surface area contributed by atoms with Crippen LogP contribution >= 0.6 is 0 Å². The van der Waals surface area contributed by atoms with Gasteiger partial charge in [0.15, 0.2) is 0 Å². The van der Waals surface area contributed by atoms with Crippen molar-refractivity contribution >= 4 is 23.0 Å². The van der Waals surface area contributed by atoms with Gasteiger partial charge in [0, 0.05) is 17.3 Å². The zero-order chi connectivity index (χ0) is 17.5. The van der Waals surface area contributed by atoms with Gasteiger partial charge >= 0.3 is 0 Å². The van der Waals surface area contributed by atoms with Gasteiger partial charge in [-0.3, -0.25) is 0 Å². The summed E-state index contributed by atoms with van der Waals surface area (Å²) < 4.78 is 5.05. The zero-order valence-electron chi connectivity index (χ0n) is 13.7. The zero-order valence-corrected chi connectivity index (χ0v) is 13.7. The molecule has 2 aromatic rings. The number of hydrogen-bond donors (Lipinski definition) is 3. The van der Waals surface area contributed by atoms with Crippen molar-refractivity contribution in [3.8, 4) is 5.88 Å². The van der Waals surface area contributed by atoms with Gasteiger partial charge in [0.25, 0.3) is 0 Å². The van der Waals surface area contributed by atoms with Gasteiger partial charge in [-0.05, 0) is 25.1 Å². The highest BCUT2D eigenvalue weighted by atomic mass is 16.5. The molecule has 0 bridgehead atoms. The van der Waals surface area contributed by atoms with Gasteiger partial charge in [-0.15, -0.1) is 0 Å². The van der Waals surface area contributed by atoms with E-state index in [0.29, 0.717) is 17.6 Å². The fraction of sp³-hybridized carbons (Fsp3) is 0.118. The number of nitrogens with one attached hydrogen (secondary N) is 1. The number of nitrogens with zero attached hydrogens (tertiary/aromatic N) is 3. The van der Waals surface area contributed by atoms with Crippen LogP contribution in [-0.4, -0.2) is 23.8 Å². The van der Waals surface area contributed by atoms with E-state index in [-0.39, 0.29) is 5.82 Å². The van der Waals surface area contributed by atoms with E-state index in [4.69, 9.17) is 16.2 Å². The Labute approximate surface area is 140 Å². The Morgan fingerprint density at radius 3 is 2.54 bits per heavy atom. The van der Waals surface area contributed by atoms with Crippen molar-refractivity contribution in [2.75, 3.05) is 12.4 Å². The van der Waals surface area contributed by atoms with Crippen LogP contribution in [0.4, 0.5) is 11.4 Å². The van der Waals surface area contributed by atoms with Crippen LogP contribution in [0.5, 0.6) is 5.88 Å². The molecular weight excluding hydrogens is 304 g/mol. The summed E-state index contributed by atoms with van der Waals surface area (Å²) in [5.41, 5.74) is 13.9. The number of benzene rings is 1. The molecule has 1 aromatic heterocycles. The second kappa shape index (κ2) is 7.77. The fourth-order valence-electron chi connectivity index (χ4n) is 2.01. The lowest BCUT2D eigenvalue weighted by Gasteiger charge is -2.12. The Bertz CT molecular complexity index is 780. The van der Waals surface area contributed by atoms with Gasteiger partial charge in [0.05, 0.1) is 19.0 Å². The first-order valence-electron chi connectivity index (χ1n) is 7.20. The molecule has 5 N–H and O–H groups in total. The lowest BCUT2D eigenvalue weighted by atomic mass is 10.1. The SMILES string of the molecule is C=C(N)/N=C(C)\N=C(/N)c1ccccc1Nc1ccc(OC)nc1. The van der Waals surface area contributed by atoms with Crippen LogP contribution in [0.25, 0.3) is 0 Å². The van der Waals surface area contributed by atoms with Crippen molar-refractivity contribution < 1.29 is 4.74 Å². The van der Waals surface area contributed by atoms with E-state index in [1.807, 2.05) is 30.3 Å². The van der Waals surface area contributed by atoms with Crippen LogP contribution in [0.2, 0.25) is 0 Å². The Kier molecular flexibility index (Phi) is 5.51. The Hall–Kier alpha value is -3.35. The summed E-state index contributed by atoms with van der Waals surface area (Å²) in [6, 6.07) is 11.2. The van der Waals surface area contributed by atoms with E-state index in [0.717, 1.165) is 16.9 Å². The second-order valence-electron chi connectivity index (χ2n) is 4.91. The number of pyridine rings is 1. The molecule has 0 aliphatic carbocycles. The van der Waals surface area contributed by atoms with Gasteiger partial charge in [-0.1, -0.05) is 18.7 Å². The Morgan fingerprint density at radius 1 is 1.17 bits per heavy atom. The number of anilines is 2. The maximum absolute atomic E-state index is 6.09. The first-order valence-corrected chi connectivity index (χ1v) is 7.20. The van der Waals surface area contributed by atoms with E-state index in [2.05, 4.69) is 26.9 Å². The van der Waals surface area contributed by atoms with Crippen LogP contribution in [0.1, 0.15) is 12.5 Å². The molecule has 0 saturated heterocycles. The average molecular weight is 324 g/mol. The topological polar surface area (TPSA) is 111 Å². The highest BCUT2D eigenvalue weighted by Gasteiger charge is 2.07. The largest absolute Gasteiger partial charge is 0.481 e. The minimum atomic E-state index is 0.180. The lowest BCUT2D eigenvalue weighted by molar-refractivity contribution is 0.398. The first-order chi connectivity index (χ1) is 11.5. The minimum Gasteiger partial charge on any atom is -0.481 e. The third kappa shape index (κ3) is 4.57. The molecule has 0 aliphatic heterocycles. The van der Waals surface area contributed by atoms with Crippen LogP contribution < -0.4 is 21.5 Å². The maximum atomic E-state index is 6.09. The van der Waals surface area contributed by atoms with E-state index < -0.39 is 0 Å². The van der Waals surface area contributed by atoms with Crippen molar-refractivity contribution in [2.45, 2.75) is 6.92 Å². The van der Waals surface area contributed by atoms with Gasteiger partial charge < -0.3 is 21.5 Å². The molecule has 7 nitrogen and oxygen atoms in total. The van der Waals surface area contributed by atoms with E-state index in [9.17, 15) is 0 Å². The number of aliphatic imine (C=N–C) groups is 2. The van der Waals surface area contributed by atoms with Crippen LogP contribution in [0.15, 0.2) is 65.0 Å². The molecule has 0 saturated carbocycles. The summed E-state index contributed by atoms with van der Waals surface area (Å²) in [5, 5.41) is 3.26. The number of aromatic nitrogens is 1. The molecule has 0 aliphatic rings. The molecule has 0 amide bonds. The molecule has 0 unspecified atom stereocenters. The smallest absolute Gasteiger partial charge is 0.213 e. The highest BCUT2D eigenvalue weighted by molar-refractivity contribution is 6.08. The molecule has 24 heavy (non-hydrogen) atoms. The summed E-state index contributed by atoms with van der Waals surface area (Å²) in [5.74, 6) is 1.48. The molecule has 0 atom stereocenters. The van der Waals surface area contributed by atoms with Crippen LogP contribution in [0.3, 0.4) is 0 Å². The number of rotatable bonds is 5. The molecule has 7 heteroatoms. The van der Waals surface area contributed by atoms with E-state index in [1.54, 1.807) is 26.3 Å². The van der Waals surface area contributed by atoms with Crippen molar-refractivity contribution in [3.63, 3.8) is 0 Å². The number of nitrogens with two attached hydrogens (primary N) is 2. The minimum absolute atomic E-state index is 0.180. The summed E-state index contributed by atoms with van der Waals surface area (Å²) in [7, 11) is 1.57. The van der Waals surface area contributed by atoms with Crippen molar-refractivity contribution in [1.82, 2.24) is 4.98 Å². The average Bonchev–Trinajstić information content (AvgIpc) is 2.55. The number of para-hydroxylation sites is 1. The molecule has 124 valence electrons. The molecule has 1 heterocycles. The van der Waals surface area contributed by atoms with Gasteiger partial charge in [-0.25, -0.2) is 15.0 Å². The number of methoxy groups -OCH3 is 1. The number of ether oxygens (including phenoxy) is 1. The summed E-state index contributed by atoms with van der Waals surface area (Å²) in [6.45, 7) is 5.22. The summed E-state index contributed by atoms with van der Waals surface area (Å²) in [6.07, 6.45) is 1.67. The van der Waals surface area contributed by atoms with Crippen LogP contribution in [0, 0.1) is 0 Å². The Morgan fingerprint density at radius 2 is 1.92 bits per heavy atom. The van der Waals surface area contributed by atoms with E-state index >= 15 is 0 Å². The fourth-order valence-corrected chi connectivity index (χ4v) is 2.01. The van der Waals surface area contributed by atoms with Crippen molar-refractivity contribution in [2.24, 2.45) is 21.5 Å². The number of amidine groups is 2. The van der Waals surface area contributed by atoms with Crippen LogP contribution in [-0.2, 0) is 0 Å². The first kappa shape index (κ1) is 17.0. The molecular formula is C17H20N6O. The lowest BCUT2D eigenvalue weighted by Crippen LogP contribution is -2.17. The second-order valence-corrected chi connectivity index (χ2v) is 4.91. The van der Waals surface area contributed by atoms with Gasteiger partial charge in [-0.2, -0.15) is 0 Å². The third-order valence-electron chi connectivity index (χ3n) is 3.02. The van der Waals surface area contributed by atoms with Gasteiger partial charge in [0.1, 0.15) is 17.5 Å². The highest BCUT2D eigenvalue weighted by Crippen LogP contribution is 2.21. The summed E-state index contributed by atoms with van der Waals surface area (Å²) >= 11 is 0. The number of hydrogen-bond acceptors (Lipinski definition) is 5. The third-order valence-corrected chi connectivity index (χ3v) is 3.02. The molecule has 0 radical (unpaired) electrons. The predicted octanol–water partition coefficient (Wildman–Crippen LogP) is 2.39. The van der Waals surface area contributed by atoms with Crippen molar-refractivity contribution in [1.29, 1.82) is 0 Å². The maximum Gasteiger partial charge on any atom is 0.213 e. The van der Waals surface area contributed by atoms with Crippen molar-refractivity contribution in [3.05, 3.63) is 60.6 Å². The normalized spacial score (nSPS) is 11.9. The Balaban J connectivity index is 2.29.